The number of alkyl halides is 3. The fraction of sp³-hybridized carbons (Fsp3) is 0.786. The number of rotatable bonds is 4. The Morgan fingerprint density at radius 3 is 2.70 bits per heavy atom. The first-order valence-corrected chi connectivity index (χ1v) is 7.75. The van der Waals surface area contributed by atoms with Gasteiger partial charge in [-0.05, 0) is 25.8 Å². The van der Waals surface area contributed by atoms with Crippen molar-refractivity contribution in [3.8, 4) is 0 Å². The van der Waals surface area contributed by atoms with Gasteiger partial charge in [-0.25, -0.2) is 0 Å². The summed E-state index contributed by atoms with van der Waals surface area (Å²) in [4.78, 5) is 19.7. The average molecular weight is 332 g/mol. The number of halogens is 3. The minimum Gasteiger partial charge on any atom is -0.342 e. The molecule has 1 aromatic heterocycles. The van der Waals surface area contributed by atoms with E-state index in [4.69, 9.17) is 0 Å². The van der Waals surface area contributed by atoms with Gasteiger partial charge in [0.2, 0.25) is 11.8 Å². The summed E-state index contributed by atoms with van der Waals surface area (Å²) in [5.74, 6) is -1.15. The van der Waals surface area contributed by atoms with Crippen LogP contribution in [0.2, 0.25) is 0 Å². The second-order valence-electron chi connectivity index (χ2n) is 6.29. The lowest BCUT2D eigenvalue weighted by atomic mass is 9.85. The van der Waals surface area contributed by atoms with Crippen LogP contribution in [-0.4, -0.2) is 52.0 Å². The molecule has 2 aliphatic heterocycles. The van der Waals surface area contributed by atoms with Gasteiger partial charge >= 0.3 is 6.18 Å². The van der Waals surface area contributed by atoms with E-state index in [9.17, 15) is 18.0 Å². The molecule has 9 heteroatoms. The molecular formula is C14H19F3N4O2. The van der Waals surface area contributed by atoms with Gasteiger partial charge in [0.05, 0.1) is 12.0 Å². The van der Waals surface area contributed by atoms with Crippen LogP contribution < -0.4 is 0 Å². The van der Waals surface area contributed by atoms with E-state index in [1.165, 1.54) is 0 Å². The second-order valence-corrected chi connectivity index (χ2v) is 6.29. The molecular weight excluding hydrogens is 313 g/mol. The van der Waals surface area contributed by atoms with Crippen molar-refractivity contribution in [2.24, 2.45) is 5.41 Å². The molecule has 128 valence electrons. The summed E-state index contributed by atoms with van der Waals surface area (Å²) < 4.78 is 42.1. The van der Waals surface area contributed by atoms with Crippen LogP contribution in [0.4, 0.5) is 13.2 Å². The first-order chi connectivity index (χ1) is 10.8. The maximum Gasteiger partial charge on any atom is 0.455 e. The Kier molecular flexibility index (Phi) is 4.07. The van der Waals surface area contributed by atoms with E-state index in [0.717, 1.165) is 32.4 Å². The Hall–Kier alpha value is -1.64. The molecule has 0 aliphatic carbocycles. The van der Waals surface area contributed by atoms with E-state index in [-0.39, 0.29) is 23.8 Å². The van der Waals surface area contributed by atoms with Crippen LogP contribution in [0.25, 0.3) is 0 Å². The molecule has 2 fully saturated rings. The van der Waals surface area contributed by atoms with Crippen molar-refractivity contribution in [3.05, 3.63) is 11.7 Å². The molecule has 0 aromatic carbocycles. The monoisotopic (exact) mass is 332 g/mol. The number of nitrogens with zero attached hydrogens (tertiary/aromatic N) is 4. The van der Waals surface area contributed by atoms with Crippen LogP contribution >= 0.6 is 0 Å². The lowest BCUT2D eigenvalue weighted by Crippen LogP contribution is -2.37. The van der Waals surface area contributed by atoms with E-state index in [0.29, 0.717) is 13.1 Å². The number of carbonyl (C=O) groups excluding carboxylic acids is 1. The zero-order valence-corrected chi connectivity index (χ0v) is 12.9. The number of amides is 1. The van der Waals surface area contributed by atoms with Gasteiger partial charge in [0.25, 0.3) is 5.82 Å². The largest absolute Gasteiger partial charge is 0.455 e. The third kappa shape index (κ3) is 3.06. The van der Waals surface area contributed by atoms with Crippen LogP contribution in [0.1, 0.15) is 37.9 Å². The van der Waals surface area contributed by atoms with Gasteiger partial charge in [-0.15, -0.1) is 0 Å². The zero-order chi connectivity index (χ0) is 16.7. The molecule has 3 heterocycles. The fourth-order valence-corrected chi connectivity index (χ4v) is 3.47. The highest BCUT2D eigenvalue weighted by Crippen LogP contribution is 2.41. The highest BCUT2D eigenvalue weighted by Gasteiger charge is 2.50. The molecule has 0 saturated carbocycles. The van der Waals surface area contributed by atoms with Crippen LogP contribution in [0, 0.1) is 5.41 Å². The van der Waals surface area contributed by atoms with E-state index < -0.39 is 12.0 Å². The van der Waals surface area contributed by atoms with Crippen LogP contribution in [0.15, 0.2) is 4.52 Å². The lowest BCUT2D eigenvalue weighted by Gasteiger charge is -2.23. The third-order valence-electron chi connectivity index (χ3n) is 4.61. The maximum atomic E-state index is 12.6. The molecule has 1 aromatic rings. The summed E-state index contributed by atoms with van der Waals surface area (Å²) in [5, 5.41) is 2.96. The highest BCUT2D eigenvalue weighted by atomic mass is 19.4. The van der Waals surface area contributed by atoms with E-state index in [1.54, 1.807) is 0 Å². The molecule has 0 radical (unpaired) electrons. The van der Waals surface area contributed by atoms with Gasteiger partial charge in [-0.3, -0.25) is 9.69 Å². The minimum atomic E-state index is -4.60. The normalized spacial score (nSPS) is 25.9. The van der Waals surface area contributed by atoms with Crippen molar-refractivity contribution in [2.75, 3.05) is 26.2 Å². The summed E-state index contributed by atoms with van der Waals surface area (Å²) >= 11 is 0. The van der Waals surface area contributed by atoms with Gasteiger partial charge in [-0.2, -0.15) is 18.2 Å². The molecule has 6 nitrogen and oxygen atoms in total. The topological polar surface area (TPSA) is 62.5 Å². The Morgan fingerprint density at radius 1 is 1.30 bits per heavy atom. The van der Waals surface area contributed by atoms with Crippen molar-refractivity contribution in [2.45, 2.75) is 38.9 Å². The quantitative estimate of drug-likeness (QED) is 0.843. The third-order valence-corrected chi connectivity index (χ3v) is 4.61. The Labute approximate surface area is 131 Å². The van der Waals surface area contributed by atoms with Gasteiger partial charge in [-0.1, -0.05) is 12.1 Å². The molecule has 1 amide bonds. The summed E-state index contributed by atoms with van der Waals surface area (Å²) in [6, 6.07) is 0. The summed E-state index contributed by atoms with van der Waals surface area (Å²) in [5.41, 5.74) is -0.387. The lowest BCUT2D eigenvalue weighted by molar-refractivity contribution is -0.146. The van der Waals surface area contributed by atoms with Crippen molar-refractivity contribution >= 4 is 5.91 Å². The van der Waals surface area contributed by atoms with Gasteiger partial charge in [0.1, 0.15) is 0 Å². The van der Waals surface area contributed by atoms with Crippen LogP contribution in [-0.2, 0) is 17.5 Å². The van der Waals surface area contributed by atoms with Crippen molar-refractivity contribution in [3.63, 3.8) is 0 Å². The predicted octanol–water partition coefficient (Wildman–Crippen LogP) is 1.92. The number of aromatic nitrogens is 2. The molecule has 2 saturated heterocycles. The molecule has 0 bridgehead atoms. The Balaban J connectivity index is 1.62. The van der Waals surface area contributed by atoms with Gasteiger partial charge in [0.15, 0.2) is 0 Å². The summed E-state index contributed by atoms with van der Waals surface area (Å²) in [6.07, 6.45) is -2.14. The van der Waals surface area contributed by atoms with Gasteiger partial charge < -0.3 is 9.42 Å². The maximum absolute atomic E-state index is 12.6. The summed E-state index contributed by atoms with van der Waals surface area (Å²) in [6.45, 7) is 4.89. The van der Waals surface area contributed by atoms with Gasteiger partial charge in [0, 0.05) is 19.6 Å². The molecule has 1 atom stereocenters. The zero-order valence-electron chi connectivity index (χ0n) is 12.9. The standard InChI is InChI=1S/C14H19F3N4O2/c1-2-5-21-7-4-13(12(21)22)3-6-20(9-13)8-10-18-11(19-23-10)14(15,16)17/h2-9H2,1H3. The number of carbonyl (C=O) groups is 1. The molecule has 1 unspecified atom stereocenters. The Morgan fingerprint density at radius 2 is 2.04 bits per heavy atom. The van der Waals surface area contributed by atoms with Crippen molar-refractivity contribution in [1.29, 1.82) is 0 Å². The fourth-order valence-electron chi connectivity index (χ4n) is 3.47. The number of hydrogen-bond acceptors (Lipinski definition) is 5. The van der Waals surface area contributed by atoms with Crippen LogP contribution in [0.5, 0.6) is 0 Å². The number of hydrogen-bond donors (Lipinski definition) is 0. The molecule has 3 rings (SSSR count). The minimum absolute atomic E-state index is 0.0646. The highest BCUT2D eigenvalue weighted by molar-refractivity contribution is 5.85. The van der Waals surface area contributed by atoms with E-state index in [1.807, 2.05) is 16.7 Å². The van der Waals surface area contributed by atoms with E-state index >= 15 is 0 Å². The predicted molar refractivity (Wildman–Crippen MR) is 73.1 cm³/mol. The number of likely N-dealkylation sites (tertiary alicyclic amines) is 2. The molecule has 1 spiro atoms. The van der Waals surface area contributed by atoms with Crippen LogP contribution in [0.3, 0.4) is 0 Å². The summed E-state index contributed by atoms with van der Waals surface area (Å²) in [7, 11) is 0. The molecule has 0 N–H and O–H groups in total. The molecule has 23 heavy (non-hydrogen) atoms. The molecule has 2 aliphatic rings. The van der Waals surface area contributed by atoms with Crippen molar-refractivity contribution in [1.82, 2.24) is 19.9 Å². The van der Waals surface area contributed by atoms with E-state index in [2.05, 4.69) is 14.7 Å². The SMILES string of the molecule is CCCN1CCC2(CCN(Cc3nc(C(F)(F)F)no3)C2)C1=O. The average Bonchev–Trinajstić information content (AvgIpc) is 3.16. The first kappa shape index (κ1) is 16.2. The Bertz CT molecular complexity index is 589. The second kappa shape index (κ2) is 5.77. The first-order valence-electron chi connectivity index (χ1n) is 7.75. The smallest absolute Gasteiger partial charge is 0.342 e. The van der Waals surface area contributed by atoms with Crippen molar-refractivity contribution < 1.29 is 22.5 Å².